The Balaban J connectivity index is 1.95. The zero-order valence-electron chi connectivity index (χ0n) is 21.9. The van der Waals surface area contributed by atoms with Crippen LogP contribution in [0.1, 0.15) is 78.2 Å². The number of rotatable bonds is 6. The van der Waals surface area contributed by atoms with Crippen LogP contribution in [0.4, 0.5) is 0 Å². The summed E-state index contributed by atoms with van der Waals surface area (Å²) in [4.78, 5) is 29.8. The highest BCUT2D eigenvalue weighted by molar-refractivity contribution is 6.06. The van der Waals surface area contributed by atoms with E-state index in [1.807, 2.05) is 18.2 Å². The van der Waals surface area contributed by atoms with Crippen molar-refractivity contribution in [1.29, 1.82) is 0 Å². The molecule has 4 rings (SSSR count). The summed E-state index contributed by atoms with van der Waals surface area (Å²) in [5, 5.41) is 0. The molecule has 0 bridgehead atoms. The molecule has 1 heterocycles. The number of nitrogens with zero attached hydrogens (tertiary/aromatic N) is 1. The van der Waals surface area contributed by atoms with Gasteiger partial charge in [0.15, 0.2) is 23.1 Å². The van der Waals surface area contributed by atoms with Gasteiger partial charge in [0.25, 0.3) is 0 Å². The minimum absolute atomic E-state index is 0.122. The number of allylic oxidation sites excluding steroid dienone is 4. The molecule has 1 aromatic carbocycles. The quantitative estimate of drug-likeness (QED) is 0.487. The number of methoxy groups -OCH3 is 1. The van der Waals surface area contributed by atoms with Crippen LogP contribution in [0.2, 0.25) is 0 Å². The van der Waals surface area contributed by atoms with E-state index in [0.29, 0.717) is 24.3 Å². The fourth-order valence-corrected chi connectivity index (χ4v) is 5.98. The van der Waals surface area contributed by atoms with E-state index in [-0.39, 0.29) is 29.0 Å². The maximum absolute atomic E-state index is 13.8. The molecule has 0 saturated heterocycles. The van der Waals surface area contributed by atoms with Crippen molar-refractivity contribution in [3.8, 4) is 23.8 Å². The maximum Gasteiger partial charge on any atom is 0.162 e. The van der Waals surface area contributed by atoms with E-state index in [0.717, 1.165) is 53.9 Å². The molecule has 0 amide bonds. The minimum Gasteiger partial charge on any atom is -0.493 e. The maximum atomic E-state index is 13.8. The van der Waals surface area contributed by atoms with Gasteiger partial charge in [-0.15, -0.1) is 6.42 Å². The molecule has 0 radical (unpaired) electrons. The molecule has 5 heteroatoms. The Morgan fingerprint density at radius 2 is 1.54 bits per heavy atom. The highest BCUT2D eigenvalue weighted by atomic mass is 16.5. The van der Waals surface area contributed by atoms with Gasteiger partial charge >= 0.3 is 0 Å². The number of carbonyl (C=O) groups excluding carboxylic acids is 2. The van der Waals surface area contributed by atoms with Gasteiger partial charge in [0.1, 0.15) is 6.61 Å². The second kappa shape index (κ2) is 9.22. The SMILES string of the molecule is C#CCOc1ccc(C2C3=C(CC(C)(C)CC3=O)N(CCC)C3=C2C(=O)CC(C)(C)C3)cc1OC. The van der Waals surface area contributed by atoms with Gasteiger partial charge in [-0.25, -0.2) is 0 Å². The molecule has 186 valence electrons. The first-order valence-electron chi connectivity index (χ1n) is 12.6. The molecule has 3 aliphatic rings. The van der Waals surface area contributed by atoms with Crippen molar-refractivity contribution in [1.82, 2.24) is 4.90 Å². The van der Waals surface area contributed by atoms with Crippen LogP contribution in [-0.2, 0) is 9.59 Å². The number of benzene rings is 1. The van der Waals surface area contributed by atoms with E-state index in [2.05, 4.69) is 45.4 Å². The van der Waals surface area contributed by atoms with E-state index < -0.39 is 5.92 Å². The predicted octanol–water partition coefficient (Wildman–Crippen LogP) is 5.80. The molecule has 2 aliphatic carbocycles. The molecule has 5 nitrogen and oxygen atoms in total. The summed E-state index contributed by atoms with van der Waals surface area (Å²) in [5.74, 6) is 3.45. The summed E-state index contributed by atoms with van der Waals surface area (Å²) < 4.78 is 11.3. The zero-order valence-corrected chi connectivity index (χ0v) is 21.9. The monoisotopic (exact) mass is 475 g/mol. The van der Waals surface area contributed by atoms with Gasteiger partial charge in [0.2, 0.25) is 0 Å². The summed E-state index contributed by atoms with van der Waals surface area (Å²) in [7, 11) is 1.59. The summed E-state index contributed by atoms with van der Waals surface area (Å²) in [6.07, 6.45) is 8.89. The number of ketones is 2. The van der Waals surface area contributed by atoms with Crippen LogP contribution in [0.5, 0.6) is 11.5 Å². The molecule has 0 saturated carbocycles. The Bertz CT molecular complexity index is 1110. The summed E-state index contributed by atoms with van der Waals surface area (Å²) in [6.45, 7) is 11.7. The van der Waals surface area contributed by atoms with Crippen molar-refractivity contribution in [3.05, 3.63) is 46.3 Å². The van der Waals surface area contributed by atoms with Crippen molar-refractivity contribution >= 4 is 11.6 Å². The van der Waals surface area contributed by atoms with Crippen molar-refractivity contribution in [3.63, 3.8) is 0 Å². The van der Waals surface area contributed by atoms with Crippen LogP contribution in [0.3, 0.4) is 0 Å². The summed E-state index contributed by atoms with van der Waals surface area (Å²) in [5.41, 5.74) is 4.38. The largest absolute Gasteiger partial charge is 0.493 e. The number of hydrogen-bond donors (Lipinski definition) is 0. The fourth-order valence-electron chi connectivity index (χ4n) is 5.98. The lowest BCUT2D eigenvalue weighted by atomic mass is 9.63. The number of terminal acetylenes is 1. The predicted molar refractivity (Wildman–Crippen MR) is 137 cm³/mol. The third-order valence-corrected chi connectivity index (χ3v) is 7.30. The molecular weight excluding hydrogens is 438 g/mol. The Morgan fingerprint density at radius 3 is 2.03 bits per heavy atom. The van der Waals surface area contributed by atoms with Crippen LogP contribution in [0.25, 0.3) is 0 Å². The van der Waals surface area contributed by atoms with Crippen molar-refractivity contribution in [2.24, 2.45) is 10.8 Å². The first-order chi connectivity index (χ1) is 16.5. The molecule has 0 fully saturated rings. The number of Topliss-reactive ketones (excluding diaryl/α,β-unsaturated/α-hetero) is 2. The molecule has 1 aromatic rings. The van der Waals surface area contributed by atoms with Crippen molar-refractivity contribution in [2.75, 3.05) is 20.3 Å². The lowest BCUT2D eigenvalue weighted by Gasteiger charge is -2.49. The van der Waals surface area contributed by atoms with Crippen LogP contribution >= 0.6 is 0 Å². The Kier molecular flexibility index (Phi) is 6.62. The smallest absolute Gasteiger partial charge is 0.162 e. The van der Waals surface area contributed by atoms with Gasteiger partial charge in [-0.2, -0.15) is 0 Å². The van der Waals surface area contributed by atoms with Gasteiger partial charge < -0.3 is 14.4 Å². The number of ether oxygens (including phenoxy) is 2. The Labute approximate surface area is 209 Å². The normalized spacial score (nSPS) is 21.5. The second-order valence-corrected chi connectivity index (χ2v) is 11.6. The average Bonchev–Trinajstić information content (AvgIpc) is 2.77. The minimum atomic E-state index is -0.393. The van der Waals surface area contributed by atoms with Crippen LogP contribution in [0.15, 0.2) is 40.7 Å². The van der Waals surface area contributed by atoms with Crippen molar-refractivity contribution in [2.45, 2.75) is 72.6 Å². The molecule has 0 unspecified atom stereocenters. The molecule has 0 atom stereocenters. The lowest BCUT2D eigenvalue weighted by Crippen LogP contribution is -2.44. The fraction of sp³-hybridized carbons (Fsp3) is 0.533. The van der Waals surface area contributed by atoms with Crippen LogP contribution in [-0.4, -0.2) is 36.7 Å². The van der Waals surface area contributed by atoms with Gasteiger partial charge in [-0.1, -0.05) is 46.6 Å². The first-order valence-corrected chi connectivity index (χ1v) is 12.6. The molecule has 0 N–H and O–H groups in total. The first kappa shape index (κ1) is 25.1. The lowest BCUT2D eigenvalue weighted by molar-refractivity contribution is -0.119. The van der Waals surface area contributed by atoms with E-state index in [9.17, 15) is 9.59 Å². The van der Waals surface area contributed by atoms with E-state index in [4.69, 9.17) is 15.9 Å². The van der Waals surface area contributed by atoms with E-state index in [1.54, 1.807) is 7.11 Å². The Hall–Kier alpha value is -3.00. The molecule has 1 aliphatic heterocycles. The highest BCUT2D eigenvalue weighted by Gasteiger charge is 2.48. The van der Waals surface area contributed by atoms with Gasteiger partial charge in [-0.3, -0.25) is 9.59 Å². The summed E-state index contributed by atoms with van der Waals surface area (Å²) in [6, 6.07) is 5.68. The third kappa shape index (κ3) is 4.63. The standard InChI is InChI=1S/C30H37NO4/c1-8-12-31-20-15-29(3,4)17-22(32)27(20)26(28-21(31)16-30(5,6)18-23(28)33)19-10-11-24(35-13-9-2)25(14-19)34-7/h2,10-11,14,26H,8,12-13,15-18H2,1,3-7H3. The average molecular weight is 476 g/mol. The highest BCUT2D eigenvalue weighted by Crippen LogP contribution is 2.54. The molecule has 0 aromatic heterocycles. The van der Waals surface area contributed by atoms with Crippen molar-refractivity contribution < 1.29 is 19.1 Å². The molecular formula is C30H37NO4. The van der Waals surface area contributed by atoms with Gasteiger partial charge in [0, 0.05) is 47.8 Å². The molecule has 35 heavy (non-hydrogen) atoms. The van der Waals surface area contributed by atoms with Gasteiger partial charge in [-0.05, 0) is 47.8 Å². The number of hydrogen-bond acceptors (Lipinski definition) is 5. The topological polar surface area (TPSA) is 55.8 Å². The zero-order chi connectivity index (χ0) is 25.5. The van der Waals surface area contributed by atoms with E-state index >= 15 is 0 Å². The second-order valence-electron chi connectivity index (χ2n) is 11.6. The van der Waals surface area contributed by atoms with Crippen LogP contribution < -0.4 is 9.47 Å². The number of carbonyl (C=O) groups is 2. The van der Waals surface area contributed by atoms with Gasteiger partial charge in [0.05, 0.1) is 7.11 Å². The third-order valence-electron chi connectivity index (χ3n) is 7.30. The van der Waals surface area contributed by atoms with Crippen LogP contribution in [0, 0.1) is 23.2 Å². The summed E-state index contributed by atoms with van der Waals surface area (Å²) >= 11 is 0. The van der Waals surface area contributed by atoms with E-state index in [1.165, 1.54) is 0 Å². The Morgan fingerprint density at radius 1 is 0.971 bits per heavy atom. The molecule has 0 spiro atoms.